The van der Waals surface area contributed by atoms with Crippen molar-refractivity contribution in [2.75, 3.05) is 0 Å². The van der Waals surface area contributed by atoms with Gasteiger partial charge in [-0.1, -0.05) is 0 Å². The van der Waals surface area contributed by atoms with E-state index in [0.29, 0.717) is 22.6 Å². The summed E-state index contributed by atoms with van der Waals surface area (Å²) in [5.74, 6) is -0.293. The van der Waals surface area contributed by atoms with Crippen molar-refractivity contribution < 1.29 is 9.90 Å². The number of imidazole rings is 2. The lowest BCUT2D eigenvalue weighted by atomic mass is 10.2. The van der Waals surface area contributed by atoms with Crippen LogP contribution in [0.15, 0.2) is 18.2 Å². The SMILES string of the molecule is Cc1[nH]c2nc3cc(C#N)ccc3n2c1CC(=O)O. The van der Waals surface area contributed by atoms with Crippen molar-refractivity contribution in [1.29, 1.82) is 5.26 Å². The maximum absolute atomic E-state index is 10.9. The fourth-order valence-electron chi connectivity index (χ4n) is 2.27. The molecule has 0 aliphatic carbocycles. The third-order valence-corrected chi connectivity index (χ3v) is 3.10. The molecule has 0 aliphatic heterocycles. The lowest BCUT2D eigenvalue weighted by Gasteiger charge is -1.99. The van der Waals surface area contributed by atoms with E-state index in [9.17, 15) is 4.79 Å². The third-order valence-electron chi connectivity index (χ3n) is 3.10. The quantitative estimate of drug-likeness (QED) is 0.726. The molecule has 3 aromatic rings. The number of H-pyrrole nitrogens is 1. The second-order valence-electron chi connectivity index (χ2n) is 4.35. The van der Waals surface area contributed by atoms with Gasteiger partial charge >= 0.3 is 5.97 Å². The molecule has 0 fully saturated rings. The summed E-state index contributed by atoms with van der Waals surface area (Å²) in [6.45, 7) is 1.82. The largest absolute Gasteiger partial charge is 0.481 e. The van der Waals surface area contributed by atoms with Crippen LogP contribution in [-0.4, -0.2) is 25.4 Å². The summed E-state index contributed by atoms with van der Waals surface area (Å²) in [6.07, 6.45) is -0.0721. The van der Waals surface area contributed by atoms with E-state index in [2.05, 4.69) is 16.0 Å². The van der Waals surface area contributed by atoms with Crippen LogP contribution in [0.5, 0.6) is 0 Å². The zero-order valence-electron chi connectivity index (χ0n) is 10.1. The van der Waals surface area contributed by atoms with Gasteiger partial charge in [0.05, 0.1) is 34.8 Å². The van der Waals surface area contributed by atoms with E-state index in [1.807, 2.05) is 6.92 Å². The fourth-order valence-corrected chi connectivity index (χ4v) is 2.27. The molecule has 19 heavy (non-hydrogen) atoms. The van der Waals surface area contributed by atoms with Crippen LogP contribution in [0.3, 0.4) is 0 Å². The molecular weight excluding hydrogens is 244 g/mol. The Balaban J connectivity index is 2.35. The topological polar surface area (TPSA) is 94.2 Å². The zero-order chi connectivity index (χ0) is 13.6. The molecule has 0 amide bonds. The number of fused-ring (bicyclic) bond motifs is 3. The first kappa shape index (κ1) is 11.3. The van der Waals surface area contributed by atoms with Crippen molar-refractivity contribution in [2.24, 2.45) is 0 Å². The predicted molar refractivity (Wildman–Crippen MR) is 67.8 cm³/mol. The Kier molecular flexibility index (Phi) is 2.29. The first-order chi connectivity index (χ1) is 9.10. The summed E-state index contributed by atoms with van der Waals surface area (Å²) < 4.78 is 1.79. The van der Waals surface area contributed by atoms with Crippen LogP contribution < -0.4 is 0 Å². The van der Waals surface area contributed by atoms with E-state index in [0.717, 1.165) is 11.2 Å². The van der Waals surface area contributed by atoms with Gasteiger partial charge in [0.15, 0.2) is 0 Å². The number of carbonyl (C=O) groups is 1. The molecule has 0 bridgehead atoms. The molecule has 1 aromatic carbocycles. The molecule has 94 valence electrons. The number of nitrogens with zero attached hydrogens (tertiary/aromatic N) is 3. The number of aromatic amines is 1. The Morgan fingerprint density at radius 3 is 3.05 bits per heavy atom. The molecular formula is C13H10N4O2. The Morgan fingerprint density at radius 1 is 1.58 bits per heavy atom. The maximum Gasteiger partial charge on any atom is 0.309 e. The second-order valence-corrected chi connectivity index (χ2v) is 4.35. The number of benzene rings is 1. The van der Waals surface area contributed by atoms with Crippen LogP contribution >= 0.6 is 0 Å². The molecule has 0 unspecified atom stereocenters. The molecule has 0 radical (unpaired) electrons. The van der Waals surface area contributed by atoms with Crippen LogP contribution in [0, 0.1) is 18.3 Å². The van der Waals surface area contributed by atoms with Crippen molar-refractivity contribution in [3.8, 4) is 6.07 Å². The van der Waals surface area contributed by atoms with Gasteiger partial charge in [0.25, 0.3) is 0 Å². The number of aryl methyl sites for hydroxylation is 1. The molecule has 3 rings (SSSR count). The van der Waals surface area contributed by atoms with Crippen LogP contribution in [0.2, 0.25) is 0 Å². The highest BCUT2D eigenvalue weighted by molar-refractivity contribution is 5.82. The van der Waals surface area contributed by atoms with Gasteiger partial charge < -0.3 is 10.1 Å². The van der Waals surface area contributed by atoms with Gasteiger partial charge in [0.1, 0.15) is 0 Å². The van der Waals surface area contributed by atoms with Gasteiger partial charge in [-0.2, -0.15) is 5.26 Å². The molecule has 0 saturated heterocycles. The van der Waals surface area contributed by atoms with Gasteiger partial charge in [-0.3, -0.25) is 9.20 Å². The predicted octanol–water partition coefficient (Wildman–Crippen LogP) is 1.62. The molecule has 2 aromatic heterocycles. The number of nitrogens with one attached hydrogen (secondary N) is 1. The van der Waals surface area contributed by atoms with Gasteiger partial charge in [-0.15, -0.1) is 0 Å². The number of carboxylic acids is 1. The highest BCUT2D eigenvalue weighted by atomic mass is 16.4. The summed E-state index contributed by atoms with van der Waals surface area (Å²) in [6, 6.07) is 7.23. The minimum atomic E-state index is -0.889. The number of nitriles is 1. The van der Waals surface area contributed by atoms with Gasteiger partial charge in [0, 0.05) is 5.69 Å². The third kappa shape index (κ3) is 1.64. The summed E-state index contributed by atoms with van der Waals surface area (Å²) in [7, 11) is 0. The molecule has 0 atom stereocenters. The van der Waals surface area contributed by atoms with Crippen LogP contribution in [-0.2, 0) is 11.2 Å². The lowest BCUT2D eigenvalue weighted by Crippen LogP contribution is -2.04. The highest BCUT2D eigenvalue weighted by Gasteiger charge is 2.16. The average molecular weight is 254 g/mol. The van der Waals surface area contributed by atoms with Crippen molar-refractivity contribution in [3.63, 3.8) is 0 Å². The van der Waals surface area contributed by atoms with Crippen molar-refractivity contribution >= 4 is 22.8 Å². The van der Waals surface area contributed by atoms with Crippen LogP contribution in [0.1, 0.15) is 17.0 Å². The van der Waals surface area contributed by atoms with Gasteiger partial charge in [-0.05, 0) is 25.1 Å². The number of hydrogen-bond acceptors (Lipinski definition) is 3. The monoisotopic (exact) mass is 254 g/mol. The van der Waals surface area contributed by atoms with E-state index in [1.54, 1.807) is 22.6 Å². The fraction of sp³-hybridized carbons (Fsp3) is 0.154. The van der Waals surface area contributed by atoms with E-state index >= 15 is 0 Å². The highest BCUT2D eigenvalue weighted by Crippen LogP contribution is 2.22. The average Bonchev–Trinajstić information content (AvgIpc) is 2.85. The number of carboxylic acid groups (broad SMARTS) is 1. The minimum Gasteiger partial charge on any atom is -0.481 e. The Labute approximate surface area is 107 Å². The minimum absolute atomic E-state index is 0.0721. The number of hydrogen-bond donors (Lipinski definition) is 2. The van der Waals surface area contributed by atoms with Crippen molar-refractivity contribution in [1.82, 2.24) is 14.4 Å². The second kappa shape index (κ2) is 3.85. The van der Waals surface area contributed by atoms with E-state index in [-0.39, 0.29) is 6.42 Å². The Hall–Kier alpha value is -2.81. The molecule has 2 N–H and O–H groups in total. The number of aliphatic carboxylic acids is 1. The smallest absolute Gasteiger partial charge is 0.309 e. The Morgan fingerprint density at radius 2 is 2.37 bits per heavy atom. The van der Waals surface area contributed by atoms with Crippen LogP contribution in [0.4, 0.5) is 0 Å². The molecule has 2 heterocycles. The first-order valence-electron chi connectivity index (χ1n) is 5.71. The van der Waals surface area contributed by atoms with Crippen molar-refractivity contribution in [2.45, 2.75) is 13.3 Å². The standard InChI is InChI=1S/C13H10N4O2/c1-7-11(5-12(18)19)17-10-3-2-8(6-14)4-9(10)16-13(17)15-7/h2-4H,5H2,1H3,(H,15,16)(H,18,19). The maximum atomic E-state index is 10.9. The van der Waals surface area contributed by atoms with E-state index in [1.165, 1.54) is 0 Å². The molecule has 0 saturated carbocycles. The van der Waals surface area contributed by atoms with Crippen molar-refractivity contribution in [3.05, 3.63) is 35.2 Å². The number of aromatic nitrogens is 3. The van der Waals surface area contributed by atoms with Gasteiger partial charge in [-0.25, -0.2) is 4.98 Å². The first-order valence-corrected chi connectivity index (χ1v) is 5.71. The Bertz CT molecular complexity index is 851. The summed E-state index contributed by atoms with van der Waals surface area (Å²) in [5.41, 5.74) is 3.47. The lowest BCUT2D eigenvalue weighted by molar-refractivity contribution is -0.136. The molecule has 6 nitrogen and oxygen atoms in total. The van der Waals surface area contributed by atoms with Gasteiger partial charge in [0.2, 0.25) is 5.78 Å². The molecule has 6 heteroatoms. The van der Waals surface area contributed by atoms with Crippen LogP contribution in [0.25, 0.3) is 16.8 Å². The zero-order valence-corrected chi connectivity index (χ0v) is 10.1. The summed E-state index contributed by atoms with van der Waals surface area (Å²) >= 11 is 0. The molecule has 0 aliphatic rings. The van der Waals surface area contributed by atoms with E-state index < -0.39 is 5.97 Å². The summed E-state index contributed by atoms with van der Waals surface area (Å²) in [4.78, 5) is 18.4. The van der Waals surface area contributed by atoms with E-state index in [4.69, 9.17) is 10.4 Å². The molecule has 0 spiro atoms. The number of rotatable bonds is 2. The summed E-state index contributed by atoms with van der Waals surface area (Å²) in [5, 5.41) is 17.8. The normalized spacial score (nSPS) is 10.9.